The van der Waals surface area contributed by atoms with Crippen molar-refractivity contribution in [2.45, 2.75) is 39.0 Å². The third kappa shape index (κ3) is 3.26. The van der Waals surface area contributed by atoms with Crippen LogP contribution in [0.5, 0.6) is 0 Å². The van der Waals surface area contributed by atoms with E-state index in [2.05, 4.69) is 145 Å². The van der Waals surface area contributed by atoms with E-state index in [0.717, 1.165) is 12.8 Å². The lowest BCUT2D eigenvalue weighted by molar-refractivity contribution is 0.438. The van der Waals surface area contributed by atoms with E-state index in [1.54, 1.807) is 0 Å². The second-order valence-corrected chi connectivity index (χ2v) is 10.7. The molecule has 186 valence electrons. The molecular formula is C36H32N2. The quantitative estimate of drug-likeness (QED) is 0.226. The molecule has 0 fully saturated rings. The summed E-state index contributed by atoms with van der Waals surface area (Å²) >= 11 is 0. The largest absolute Gasteiger partial charge is 0.309 e. The standard InChI is InChI=1S/C36H32N2/c1-4-36(3,5-2)25-22-26(37-32-18-10-6-14-28(32)29-15-7-11-19-33(29)37)24-27(23-25)38-34-20-12-8-16-30(34)31-17-9-13-21-35(31)38/h6-24H,4-5H2,1-3H3. The van der Waals surface area contributed by atoms with E-state index < -0.39 is 0 Å². The summed E-state index contributed by atoms with van der Waals surface area (Å²) in [4.78, 5) is 0. The normalized spacial score (nSPS) is 12.3. The molecule has 0 spiro atoms. The lowest BCUT2D eigenvalue weighted by Gasteiger charge is -2.29. The molecular weight excluding hydrogens is 460 g/mol. The summed E-state index contributed by atoms with van der Waals surface area (Å²) in [6.07, 6.45) is 2.18. The predicted octanol–water partition coefficient (Wildman–Crippen LogP) is 9.96. The Balaban J connectivity index is 1.62. The molecule has 0 unspecified atom stereocenters. The van der Waals surface area contributed by atoms with Crippen LogP contribution in [0.1, 0.15) is 39.2 Å². The maximum atomic E-state index is 2.46. The monoisotopic (exact) mass is 492 g/mol. The molecule has 0 amide bonds. The Morgan fingerprint density at radius 3 is 1.11 bits per heavy atom. The first-order valence-corrected chi connectivity index (χ1v) is 13.8. The molecule has 0 aliphatic heterocycles. The first kappa shape index (κ1) is 22.9. The fourth-order valence-electron chi connectivity index (χ4n) is 6.26. The van der Waals surface area contributed by atoms with Crippen LogP contribution in [-0.2, 0) is 5.41 Å². The van der Waals surface area contributed by atoms with Crippen LogP contribution < -0.4 is 0 Å². The second-order valence-electron chi connectivity index (χ2n) is 10.7. The molecule has 0 radical (unpaired) electrons. The molecule has 0 saturated heterocycles. The second kappa shape index (κ2) is 8.63. The first-order chi connectivity index (χ1) is 18.6. The van der Waals surface area contributed by atoms with Gasteiger partial charge in [-0.3, -0.25) is 0 Å². The van der Waals surface area contributed by atoms with Crippen molar-refractivity contribution in [1.82, 2.24) is 9.13 Å². The van der Waals surface area contributed by atoms with Gasteiger partial charge in [-0.1, -0.05) is 93.6 Å². The van der Waals surface area contributed by atoms with Crippen molar-refractivity contribution in [3.63, 3.8) is 0 Å². The molecule has 2 heteroatoms. The van der Waals surface area contributed by atoms with Crippen molar-refractivity contribution in [3.8, 4) is 11.4 Å². The predicted molar refractivity (Wildman–Crippen MR) is 163 cm³/mol. The lowest BCUT2D eigenvalue weighted by atomic mass is 9.77. The highest BCUT2D eigenvalue weighted by atomic mass is 15.0. The van der Waals surface area contributed by atoms with Gasteiger partial charge in [0.05, 0.1) is 22.1 Å². The maximum absolute atomic E-state index is 2.46. The van der Waals surface area contributed by atoms with E-state index in [1.807, 2.05) is 0 Å². The van der Waals surface area contributed by atoms with Gasteiger partial charge in [-0.05, 0) is 66.3 Å². The van der Waals surface area contributed by atoms with Gasteiger partial charge >= 0.3 is 0 Å². The van der Waals surface area contributed by atoms with Crippen LogP contribution in [0, 0.1) is 0 Å². The number of para-hydroxylation sites is 4. The van der Waals surface area contributed by atoms with Crippen molar-refractivity contribution < 1.29 is 0 Å². The minimum atomic E-state index is 0.0856. The average Bonchev–Trinajstić information content (AvgIpc) is 3.50. The van der Waals surface area contributed by atoms with E-state index in [-0.39, 0.29) is 5.41 Å². The zero-order valence-electron chi connectivity index (χ0n) is 22.3. The summed E-state index contributed by atoms with van der Waals surface area (Å²) in [5.74, 6) is 0. The van der Waals surface area contributed by atoms with Crippen LogP contribution in [0.2, 0.25) is 0 Å². The summed E-state index contributed by atoms with van der Waals surface area (Å²) in [5, 5.41) is 5.17. The number of rotatable bonds is 5. The van der Waals surface area contributed by atoms with E-state index in [4.69, 9.17) is 0 Å². The van der Waals surface area contributed by atoms with E-state index >= 15 is 0 Å². The maximum Gasteiger partial charge on any atom is 0.0541 e. The number of hydrogen-bond donors (Lipinski definition) is 0. The highest BCUT2D eigenvalue weighted by Gasteiger charge is 2.25. The molecule has 7 rings (SSSR count). The Labute approximate surface area is 223 Å². The summed E-state index contributed by atoms with van der Waals surface area (Å²) in [6, 6.07) is 42.4. The average molecular weight is 493 g/mol. The fraction of sp³-hybridized carbons (Fsp3) is 0.167. The third-order valence-electron chi connectivity index (χ3n) is 8.84. The SMILES string of the molecule is CCC(C)(CC)c1cc(-n2c3ccccc3c3ccccc32)cc(-n2c3ccccc3c3ccccc32)c1. The Kier molecular flexibility index (Phi) is 5.19. The molecule has 38 heavy (non-hydrogen) atoms. The van der Waals surface area contributed by atoms with E-state index in [0.29, 0.717) is 0 Å². The zero-order chi connectivity index (χ0) is 25.9. The number of aromatic nitrogens is 2. The van der Waals surface area contributed by atoms with Crippen LogP contribution in [0.25, 0.3) is 55.0 Å². The van der Waals surface area contributed by atoms with Crippen LogP contribution >= 0.6 is 0 Å². The summed E-state index contributed by atoms with van der Waals surface area (Å²) < 4.78 is 4.91. The molecule has 0 aliphatic rings. The van der Waals surface area contributed by atoms with Crippen LogP contribution in [0.3, 0.4) is 0 Å². The minimum absolute atomic E-state index is 0.0856. The van der Waals surface area contributed by atoms with Gasteiger partial charge in [0.25, 0.3) is 0 Å². The van der Waals surface area contributed by atoms with Gasteiger partial charge in [0.15, 0.2) is 0 Å². The van der Waals surface area contributed by atoms with Gasteiger partial charge in [0, 0.05) is 32.9 Å². The third-order valence-corrected chi connectivity index (χ3v) is 8.84. The molecule has 0 aliphatic carbocycles. The Morgan fingerprint density at radius 2 is 0.789 bits per heavy atom. The van der Waals surface area contributed by atoms with Gasteiger partial charge in [-0.25, -0.2) is 0 Å². The lowest BCUT2D eigenvalue weighted by Crippen LogP contribution is -2.20. The molecule has 0 atom stereocenters. The summed E-state index contributed by atoms with van der Waals surface area (Å²) in [7, 11) is 0. The highest BCUT2D eigenvalue weighted by molar-refractivity contribution is 6.10. The number of hydrogen-bond acceptors (Lipinski definition) is 0. The van der Waals surface area contributed by atoms with Gasteiger partial charge in [-0.2, -0.15) is 0 Å². The van der Waals surface area contributed by atoms with E-state index in [1.165, 1.54) is 60.5 Å². The van der Waals surface area contributed by atoms with Crippen molar-refractivity contribution in [2.75, 3.05) is 0 Å². The fourth-order valence-corrected chi connectivity index (χ4v) is 6.26. The van der Waals surface area contributed by atoms with Gasteiger partial charge < -0.3 is 9.13 Å². The van der Waals surface area contributed by atoms with E-state index in [9.17, 15) is 0 Å². The highest BCUT2D eigenvalue weighted by Crippen LogP contribution is 2.39. The Bertz CT molecular complexity index is 1720. The molecule has 7 aromatic rings. The van der Waals surface area contributed by atoms with Crippen molar-refractivity contribution in [3.05, 3.63) is 121 Å². The van der Waals surface area contributed by atoms with Crippen molar-refractivity contribution in [1.29, 1.82) is 0 Å². The van der Waals surface area contributed by atoms with Crippen LogP contribution in [0.15, 0.2) is 115 Å². The zero-order valence-corrected chi connectivity index (χ0v) is 22.3. The van der Waals surface area contributed by atoms with Crippen molar-refractivity contribution >= 4 is 43.6 Å². The van der Waals surface area contributed by atoms with Gasteiger partial charge in [-0.15, -0.1) is 0 Å². The van der Waals surface area contributed by atoms with Gasteiger partial charge in [0.1, 0.15) is 0 Å². The smallest absolute Gasteiger partial charge is 0.0541 e. The van der Waals surface area contributed by atoms with Crippen LogP contribution in [-0.4, -0.2) is 9.13 Å². The molecule has 2 heterocycles. The molecule has 0 N–H and O–H groups in total. The van der Waals surface area contributed by atoms with Crippen molar-refractivity contribution in [2.24, 2.45) is 0 Å². The first-order valence-electron chi connectivity index (χ1n) is 13.8. The Hall–Kier alpha value is -4.30. The van der Waals surface area contributed by atoms with Crippen LogP contribution in [0.4, 0.5) is 0 Å². The topological polar surface area (TPSA) is 9.86 Å². The number of nitrogens with zero attached hydrogens (tertiary/aromatic N) is 2. The number of benzene rings is 5. The molecule has 2 nitrogen and oxygen atoms in total. The Morgan fingerprint density at radius 1 is 0.474 bits per heavy atom. The molecule has 5 aromatic carbocycles. The number of fused-ring (bicyclic) bond motifs is 6. The summed E-state index contributed by atoms with van der Waals surface area (Å²) in [6.45, 7) is 7.04. The molecule has 0 saturated carbocycles. The summed E-state index contributed by atoms with van der Waals surface area (Å²) in [5.41, 5.74) is 8.88. The van der Waals surface area contributed by atoms with Gasteiger partial charge in [0.2, 0.25) is 0 Å². The molecule has 0 bridgehead atoms. The molecule has 2 aromatic heterocycles. The minimum Gasteiger partial charge on any atom is -0.309 e.